The number of nitrogens with zero attached hydrogens (tertiary/aromatic N) is 2. The molecule has 1 rings (SSSR count). The molecule has 4 heteroatoms. The molecule has 1 aliphatic heterocycles. The molecular weight excluding hydrogens is 160 g/mol. The van der Waals surface area contributed by atoms with Crippen LogP contribution in [-0.4, -0.2) is 48.3 Å². The van der Waals surface area contributed by atoms with E-state index in [1.165, 1.54) is 0 Å². The quantitative estimate of drug-likeness (QED) is 0.625. The number of hydrogen-bond acceptors (Lipinski definition) is 2. The van der Waals surface area contributed by atoms with Gasteiger partial charge in [-0.05, 0) is 12.2 Å². The summed E-state index contributed by atoms with van der Waals surface area (Å²) in [5, 5.41) is 0. The van der Waals surface area contributed by atoms with Gasteiger partial charge in [-0.15, -0.1) is 0 Å². The number of hydrogen-bond donors (Lipinski definition) is 1. The monoisotopic (exact) mass is 174 g/mol. The molecule has 3 nitrogen and oxygen atoms in total. The Bertz CT molecular complexity index is 151. The molecule has 0 bridgehead atoms. The maximum atomic E-state index is 11.2. The smallest absolute Gasteiger partial charge is 0.319 e. The van der Waals surface area contributed by atoms with Crippen molar-refractivity contribution in [2.24, 2.45) is 0 Å². The predicted octanol–water partition coefficient (Wildman–Crippen LogP) is 0.674. The fraction of sp³-hybridized carbons (Fsp3) is 0.857. The van der Waals surface area contributed by atoms with Crippen molar-refractivity contribution in [2.45, 2.75) is 6.42 Å². The van der Waals surface area contributed by atoms with E-state index in [2.05, 4.69) is 12.6 Å². The molecule has 0 unspecified atom stereocenters. The third-order valence-corrected chi connectivity index (χ3v) is 2.20. The van der Waals surface area contributed by atoms with Gasteiger partial charge in [-0.25, -0.2) is 4.79 Å². The van der Waals surface area contributed by atoms with Gasteiger partial charge in [-0.1, -0.05) is 0 Å². The molecule has 0 aliphatic carbocycles. The van der Waals surface area contributed by atoms with E-state index in [0.717, 1.165) is 31.8 Å². The summed E-state index contributed by atoms with van der Waals surface area (Å²) >= 11 is 4.09. The summed E-state index contributed by atoms with van der Waals surface area (Å²) in [6.07, 6.45) is 0.989. The second-order valence-electron chi connectivity index (χ2n) is 2.77. The number of rotatable bonds is 3. The van der Waals surface area contributed by atoms with Crippen LogP contribution in [0.4, 0.5) is 4.79 Å². The average Bonchev–Trinajstić information content (AvgIpc) is 2.31. The van der Waals surface area contributed by atoms with Gasteiger partial charge in [0, 0.05) is 26.7 Å². The molecule has 2 amide bonds. The van der Waals surface area contributed by atoms with Crippen molar-refractivity contribution in [1.82, 2.24) is 9.80 Å². The minimum Gasteiger partial charge on any atom is -0.326 e. The minimum atomic E-state index is 0.159. The zero-order chi connectivity index (χ0) is 8.27. The molecule has 0 radical (unpaired) electrons. The average molecular weight is 174 g/mol. The highest BCUT2D eigenvalue weighted by Gasteiger charge is 2.23. The largest absolute Gasteiger partial charge is 0.326 e. The summed E-state index contributed by atoms with van der Waals surface area (Å²) in [5.41, 5.74) is 0. The Labute approximate surface area is 72.8 Å². The highest BCUT2D eigenvalue weighted by molar-refractivity contribution is 7.80. The second-order valence-corrected chi connectivity index (χ2v) is 3.22. The number of carbonyl (C=O) groups is 1. The summed E-state index contributed by atoms with van der Waals surface area (Å²) in [7, 11) is 1.84. The topological polar surface area (TPSA) is 23.6 Å². The summed E-state index contributed by atoms with van der Waals surface area (Å²) in [6, 6.07) is 0.159. The van der Waals surface area contributed by atoms with Crippen molar-refractivity contribution in [1.29, 1.82) is 0 Å². The summed E-state index contributed by atoms with van der Waals surface area (Å²) in [6.45, 7) is 2.60. The molecular formula is C7H14N2OS. The third-order valence-electron chi connectivity index (χ3n) is 1.89. The highest BCUT2D eigenvalue weighted by Crippen LogP contribution is 2.06. The van der Waals surface area contributed by atoms with Crippen LogP contribution in [0.15, 0.2) is 0 Å². The molecule has 64 valence electrons. The Balaban J connectivity index is 2.30. The molecule has 1 aliphatic rings. The number of urea groups is 1. The van der Waals surface area contributed by atoms with E-state index >= 15 is 0 Å². The van der Waals surface area contributed by atoms with Gasteiger partial charge in [0.15, 0.2) is 0 Å². The Morgan fingerprint density at radius 2 is 2.27 bits per heavy atom. The molecule has 1 saturated heterocycles. The molecule has 0 saturated carbocycles. The van der Waals surface area contributed by atoms with E-state index in [1.807, 2.05) is 11.9 Å². The van der Waals surface area contributed by atoms with E-state index in [9.17, 15) is 4.79 Å². The molecule has 11 heavy (non-hydrogen) atoms. The summed E-state index contributed by atoms with van der Waals surface area (Å²) in [4.78, 5) is 14.9. The number of thiol groups is 1. The SMILES string of the molecule is CN1CCN(CCCS)C1=O. The number of likely N-dealkylation sites (N-methyl/N-ethyl adjacent to an activating group) is 1. The van der Waals surface area contributed by atoms with Gasteiger partial charge in [0.25, 0.3) is 0 Å². The first-order valence-electron chi connectivity index (χ1n) is 3.86. The van der Waals surface area contributed by atoms with Crippen LogP contribution in [-0.2, 0) is 0 Å². The van der Waals surface area contributed by atoms with E-state index < -0.39 is 0 Å². The van der Waals surface area contributed by atoms with Gasteiger partial charge in [-0.3, -0.25) is 0 Å². The van der Waals surface area contributed by atoms with E-state index in [-0.39, 0.29) is 6.03 Å². The Morgan fingerprint density at radius 1 is 1.55 bits per heavy atom. The lowest BCUT2D eigenvalue weighted by Gasteiger charge is -2.14. The van der Waals surface area contributed by atoms with E-state index in [0.29, 0.717) is 0 Å². The van der Waals surface area contributed by atoms with Crippen LogP contribution in [0.25, 0.3) is 0 Å². The molecule has 1 fully saturated rings. The molecule has 0 aromatic carbocycles. The first kappa shape index (κ1) is 8.71. The van der Waals surface area contributed by atoms with Crippen LogP contribution in [0.2, 0.25) is 0 Å². The van der Waals surface area contributed by atoms with Gasteiger partial charge in [0.2, 0.25) is 0 Å². The highest BCUT2D eigenvalue weighted by atomic mass is 32.1. The molecule has 0 N–H and O–H groups in total. The Hall–Kier alpha value is -0.380. The van der Waals surface area contributed by atoms with Crippen molar-refractivity contribution < 1.29 is 4.79 Å². The van der Waals surface area contributed by atoms with Crippen molar-refractivity contribution in [2.75, 3.05) is 32.4 Å². The summed E-state index contributed by atoms with van der Waals surface area (Å²) in [5.74, 6) is 0.855. The Kier molecular flexibility index (Phi) is 3.05. The standard InChI is InChI=1S/C7H14N2OS/c1-8-4-5-9(7(8)10)3-2-6-11/h11H,2-6H2,1H3. The van der Waals surface area contributed by atoms with Crippen molar-refractivity contribution >= 4 is 18.7 Å². The van der Waals surface area contributed by atoms with Gasteiger partial charge >= 0.3 is 6.03 Å². The normalized spacial score (nSPS) is 18.2. The van der Waals surface area contributed by atoms with Gasteiger partial charge < -0.3 is 9.80 Å². The van der Waals surface area contributed by atoms with Crippen molar-refractivity contribution in [3.8, 4) is 0 Å². The van der Waals surface area contributed by atoms with E-state index in [4.69, 9.17) is 0 Å². The van der Waals surface area contributed by atoms with Gasteiger partial charge in [0.05, 0.1) is 0 Å². The zero-order valence-corrected chi connectivity index (χ0v) is 7.68. The zero-order valence-electron chi connectivity index (χ0n) is 6.79. The van der Waals surface area contributed by atoms with Crippen molar-refractivity contribution in [3.05, 3.63) is 0 Å². The first-order valence-corrected chi connectivity index (χ1v) is 4.50. The van der Waals surface area contributed by atoms with Crippen molar-refractivity contribution in [3.63, 3.8) is 0 Å². The maximum absolute atomic E-state index is 11.2. The maximum Gasteiger partial charge on any atom is 0.319 e. The molecule has 0 aromatic rings. The van der Waals surface area contributed by atoms with Crippen LogP contribution in [0.3, 0.4) is 0 Å². The predicted molar refractivity (Wildman–Crippen MR) is 48.1 cm³/mol. The molecule has 1 heterocycles. The lowest BCUT2D eigenvalue weighted by Crippen LogP contribution is -2.30. The fourth-order valence-electron chi connectivity index (χ4n) is 1.17. The second kappa shape index (κ2) is 3.85. The van der Waals surface area contributed by atoms with Crippen LogP contribution in [0.5, 0.6) is 0 Å². The van der Waals surface area contributed by atoms with Gasteiger partial charge in [0.1, 0.15) is 0 Å². The number of carbonyl (C=O) groups excluding carboxylic acids is 1. The number of amides is 2. The van der Waals surface area contributed by atoms with Gasteiger partial charge in [-0.2, -0.15) is 12.6 Å². The third kappa shape index (κ3) is 2.02. The van der Waals surface area contributed by atoms with Crippen LogP contribution in [0, 0.1) is 0 Å². The molecule has 0 aromatic heterocycles. The first-order chi connectivity index (χ1) is 5.25. The van der Waals surface area contributed by atoms with Crippen LogP contribution < -0.4 is 0 Å². The van der Waals surface area contributed by atoms with Crippen LogP contribution in [0.1, 0.15) is 6.42 Å². The molecule has 0 spiro atoms. The fourth-order valence-corrected chi connectivity index (χ4v) is 1.31. The lowest BCUT2D eigenvalue weighted by molar-refractivity contribution is 0.199. The van der Waals surface area contributed by atoms with E-state index in [1.54, 1.807) is 4.90 Å². The molecule has 0 atom stereocenters. The van der Waals surface area contributed by atoms with Crippen LogP contribution >= 0.6 is 12.6 Å². The lowest BCUT2D eigenvalue weighted by atomic mass is 10.4. The Morgan fingerprint density at radius 3 is 2.73 bits per heavy atom. The minimum absolute atomic E-state index is 0.159. The summed E-state index contributed by atoms with van der Waals surface area (Å²) < 4.78 is 0.